The normalized spacial score (nSPS) is 28.8. The summed E-state index contributed by atoms with van der Waals surface area (Å²) in [5.74, 6) is 2.46. The highest BCUT2D eigenvalue weighted by Crippen LogP contribution is 2.56. The number of ether oxygens (including phenoxy) is 2. The standard InChI is InChI=1S/C18H22O4/c1-21-15-5-3-4-14(18(15)22-2)17-12-7-6-11(10-12)13(17)8-9-16(19)20/h3-7,11-13,17H,8-10H2,1-2H3,(H,19,20). The topological polar surface area (TPSA) is 55.8 Å². The molecule has 1 N–H and O–H groups in total. The van der Waals surface area contributed by atoms with E-state index in [1.807, 2.05) is 12.1 Å². The monoisotopic (exact) mass is 302 g/mol. The van der Waals surface area contributed by atoms with Gasteiger partial charge in [0.25, 0.3) is 0 Å². The largest absolute Gasteiger partial charge is 0.493 e. The maximum atomic E-state index is 11.0. The Morgan fingerprint density at radius 2 is 2.00 bits per heavy atom. The van der Waals surface area contributed by atoms with Crippen LogP contribution in [0.5, 0.6) is 11.5 Å². The van der Waals surface area contributed by atoms with Gasteiger partial charge in [0.05, 0.1) is 14.2 Å². The van der Waals surface area contributed by atoms with E-state index in [0.29, 0.717) is 30.1 Å². The molecule has 0 spiro atoms. The average molecular weight is 302 g/mol. The Hall–Kier alpha value is -1.97. The maximum Gasteiger partial charge on any atom is 0.303 e. The van der Waals surface area contributed by atoms with Crippen LogP contribution in [0.2, 0.25) is 0 Å². The Morgan fingerprint density at radius 1 is 1.23 bits per heavy atom. The van der Waals surface area contributed by atoms with Crippen LogP contribution in [0, 0.1) is 17.8 Å². The summed E-state index contributed by atoms with van der Waals surface area (Å²) in [6, 6.07) is 5.98. The summed E-state index contributed by atoms with van der Waals surface area (Å²) in [6.45, 7) is 0. The predicted octanol–water partition coefficient (Wildman–Crippen LogP) is 3.47. The number of benzene rings is 1. The summed E-state index contributed by atoms with van der Waals surface area (Å²) >= 11 is 0. The lowest BCUT2D eigenvalue weighted by molar-refractivity contribution is -0.137. The van der Waals surface area contributed by atoms with Gasteiger partial charge >= 0.3 is 5.97 Å². The highest BCUT2D eigenvalue weighted by Gasteiger charge is 2.46. The van der Waals surface area contributed by atoms with E-state index in [-0.39, 0.29) is 6.42 Å². The molecule has 2 aliphatic carbocycles. The van der Waals surface area contributed by atoms with E-state index in [1.165, 1.54) is 0 Å². The van der Waals surface area contributed by atoms with Gasteiger partial charge in [-0.05, 0) is 42.6 Å². The summed E-state index contributed by atoms with van der Waals surface area (Å²) in [6.07, 6.45) is 6.61. The highest BCUT2D eigenvalue weighted by molar-refractivity contribution is 5.66. The number of carbonyl (C=O) groups is 1. The lowest BCUT2D eigenvalue weighted by atomic mass is 9.76. The van der Waals surface area contributed by atoms with Crippen molar-refractivity contribution in [2.45, 2.75) is 25.2 Å². The van der Waals surface area contributed by atoms with Crippen LogP contribution in [0.25, 0.3) is 0 Å². The zero-order chi connectivity index (χ0) is 15.7. The van der Waals surface area contributed by atoms with Crippen LogP contribution >= 0.6 is 0 Å². The molecule has 1 aromatic rings. The molecule has 4 atom stereocenters. The third kappa shape index (κ3) is 2.47. The molecule has 2 bridgehead atoms. The van der Waals surface area contributed by atoms with Crippen LogP contribution in [0.1, 0.15) is 30.7 Å². The third-order valence-corrected chi connectivity index (χ3v) is 5.11. The number of rotatable bonds is 6. The van der Waals surface area contributed by atoms with E-state index >= 15 is 0 Å². The summed E-state index contributed by atoms with van der Waals surface area (Å²) in [5, 5.41) is 9.02. The molecule has 0 aromatic heterocycles. The van der Waals surface area contributed by atoms with Crippen LogP contribution in [-0.2, 0) is 4.79 Å². The molecule has 4 nitrogen and oxygen atoms in total. The van der Waals surface area contributed by atoms with Gasteiger partial charge in [-0.25, -0.2) is 0 Å². The molecular weight excluding hydrogens is 280 g/mol. The number of hydrogen-bond acceptors (Lipinski definition) is 3. The number of fused-ring (bicyclic) bond motifs is 2. The van der Waals surface area contributed by atoms with E-state index in [9.17, 15) is 4.79 Å². The van der Waals surface area contributed by atoms with Gasteiger partial charge < -0.3 is 14.6 Å². The lowest BCUT2D eigenvalue weighted by Gasteiger charge is -2.29. The van der Waals surface area contributed by atoms with Gasteiger partial charge in [-0.2, -0.15) is 0 Å². The Kier molecular flexibility index (Phi) is 4.10. The van der Waals surface area contributed by atoms with Gasteiger partial charge in [0.15, 0.2) is 11.5 Å². The summed E-state index contributed by atoms with van der Waals surface area (Å²) < 4.78 is 11.0. The number of carboxylic acids is 1. The molecule has 118 valence electrons. The maximum absolute atomic E-state index is 11.0. The first kappa shape index (κ1) is 14.9. The number of carboxylic acid groups (broad SMARTS) is 1. The predicted molar refractivity (Wildman–Crippen MR) is 83.4 cm³/mol. The Labute approximate surface area is 130 Å². The minimum atomic E-state index is -0.719. The molecule has 0 saturated heterocycles. The highest BCUT2D eigenvalue weighted by atomic mass is 16.5. The van der Waals surface area contributed by atoms with Gasteiger partial charge in [0.1, 0.15) is 0 Å². The lowest BCUT2D eigenvalue weighted by Crippen LogP contribution is -2.19. The molecule has 0 amide bonds. The van der Waals surface area contributed by atoms with Crippen molar-refractivity contribution in [2.75, 3.05) is 14.2 Å². The molecule has 1 aromatic carbocycles. The van der Waals surface area contributed by atoms with Crippen molar-refractivity contribution < 1.29 is 19.4 Å². The van der Waals surface area contributed by atoms with Gasteiger partial charge in [0, 0.05) is 12.0 Å². The zero-order valence-electron chi connectivity index (χ0n) is 13.0. The number of aliphatic carboxylic acids is 1. The van der Waals surface area contributed by atoms with Crippen molar-refractivity contribution in [3.05, 3.63) is 35.9 Å². The molecule has 0 heterocycles. The van der Waals surface area contributed by atoms with E-state index in [0.717, 1.165) is 23.5 Å². The second-order valence-corrected chi connectivity index (χ2v) is 6.15. The third-order valence-electron chi connectivity index (χ3n) is 5.11. The molecule has 1 saturated carbocycles. The molecular formula is C18H22O4. The van der Waals surface area contributed by atoms with E-state index in [2.05, 4.69) is 18.2 Å². The molecule has 22 heavy (non-hydrogen) atoms. The fourth-order valence-corrected chi connectivity index (χ4v) is 4.24. The second kappa shape index (κ2) is 6.03. The molecule has 0 radical (unpaired) electrons. The molecule has 0 aliphatic heterocycles. The summed E-state index contributed by atoms with van der Waals surface area (Å²) in [4.78, 5) is 11.0. The van der Waals surface area contributed by atoms with Crippen molar-refractivity contribution in [2.24, 2.45) is 17.8 Å². The first-order valence-corrected chi connectivity index (χ1v) is 7.76. The molecule has 3 rings (SSSR count). The van der Waals surface area contributed by atoms with Gasteiger partial charge in [0.2, 0.25) is 0 Å². The van der Waals surface area contributed by atoms with Crippen molar-refractivity contribution in [1.29, 1.82) is 0 Å². The minimum absolute atomic E-state index is 0.227. The Morgan fingerprint density at radius 3 is 2.68 bits per heavy atom. The van der Waals surface area contributed by atoms with Crippen molar-refractivity contribution >= 4 is 5.97 Å². The second-order valence-electron chi connectivity index (χ2n) is 6.15. The smallest absolute Gasteiger partial charge is 0.303 e. The average Bonchev–Trinajstić information content (AvgIpc) is 3.12. The summed E-state index contributed by atoms with van der Waals surface area (Å²) in [7, 11) is 3.31. The number of para-hydroxylation sites is 1. The Balaban J connectivity index is 1.95. The number of hydrogen-bond donors (Lipinski definition) is 1. The van der Waals surface area contributed by atoms with E-state index < -0.39 is 5.97 Å². The molecule has 2 aliphatic rings. The van der Waals surface area contributed by atoms with Crippen molar-refractivity contribution in [1.82, 2.24) is 0 Å². The fraction of sp³-hybridized carbons (Fsp3) is 0.500. The minimum Gasteiger partial charge on any atom is -0.493 e. The van der Waals surface area contributed by atoms with Crippen LogP contribution in [0.3, 0.4) is 0 Å². The van der Waals surface area contributed by atoms with Gasteiger partial charge in [-0.1, -0.05) is 24.3 Å². The molecule has 4 heteroatoms. The first-order chi connectivity index (χ1) is 10.7. The SMILES string of the molecule is COc1cccc(C2C3C=CC(C3)C2CCC(=O)O)c1OC. The van der Waals surface area contributed by atoms with Crippen LogP contribution in [0.4, 0.5) is 0 Å². The van der Waals surface area contributed by atoms with Gasteiger partial charge in [-0.15, -0.1) is 0 Å². The summed E-state index contributed by atoms with van der Waals surface area (Å²) in [5.41, 5.74) is 1.15. The van der Waals surface area contributed by atoms with E-state index in [4.69, 9.17) is 14.6 Å². The van der Waals surface area contributed by atoms with Crippen LogP contribution < -0.4 is 9.47 Å². The quantitative estimate of drug-likeness (QED) is 0.817. The molecule has 1 fully saturated rings. The first-order valence-electron chi connectivity index (χ1n) is 7.76. The van der Waals surface area contributed by atoms with E-state index in [1.54, 1.807) is 14.2 Å². The fourth-order valence-electron chi connectivity index (χ4n) is 4.24. The molecule has 4 unspecified atom stereocenters. The van der Waals surface area contributed by atoms with Gasteiger partial charge in [-0.3, -0.25) is 4.79 Å². The number of allylic oxidation sites excluding steroid dienone is 2. The zero-order valence-corrected chi connectivity index (χ0v) is 13.0. The van der Waals surface area contributed by atoms with Crippen molar-refractivity contribution in [3.63, 3.8) is 0 Å². The van der Waals surface area contributed by atoms with Crippen LogP contribution in [-0.4, -0.2) is 25.3 Å². The Bertz CT molecular complexity index is 593. The van der Waals surface area contributed by atoms with Crippen molar-refractivity contribution in [3.8, 4) is 11.5 Å². The number of methoxy groups -OCH3 is 2. The van der Waals surface area contributed by atoms with Crippen LogP contribution in [0.15, 0.2) is 30.4 Å².